The molecule has 0 fully saturated rings. The number of carbonyl (C=O) groups is 1. The van der Waals surface area contributed by atoms with Gasteiger partial charge in [0.05, 0.1) is 12.3 Å². The van der Waals surface area contributed by atoms with E-state index in [4.69, 9.17) is 10.5 Å². The maximum absolute atomic E-state index is 12.7. The van der Waals surface area contributed by atoms with Crippen LogP contribution in [0.1, 0.15) is 11.1 Å². The molecule has 1 aliphatic heterocycles. The van der Waals surface area contributed by atoms with Gasteiger partial charge in [0.2, 0.25) is 0 Å². The van der Waals surface area contributed by atoms with Crippen LogP contribution in [-0.2, 0) is 11.2 Å². The summed E-state index contributed by atoms with van der Waals surface area (Å²) in [7, 11) is 0. The van der Waals surface area contributed by atoms with Crippen molar-refractivity contribution in [3.8, 4) is 5.75 Å². The summed E-state index contributed by atoms with van der Waals surface area (Å²) < 4.78 is 5.91. The van der Waals surface area contributed by atoms with Crippen LogP contribution in [0.3, 0.4) is 0 Å². The van der Waals surface area contributed by atoms with Gasteiger partial charge in [-0.05, 0) is 30.2 Å². The van der Waals surface area contributed by atoms with E-state index in [2.05, 4.69) is 0 Å². The molecule has 23 heavy (non-hydrogen) atoms. The average Bonchev–Trinajstić information content (AvgIpc) is 2.53. The predicted molar refractivity (Wildman–Crippen MR) is 89.6 cm³/mol. The van der Waals surface area contributed by atoms with E-state index < -0.39 is 6.10 Å². The molecule has 120 valence electrons. The number of nitrogen functional groups attached to an aromatic ring is 1. The minimum atomic E-state index is -0.614. The Bertz CT molecular complexity index is 730. The number of rotatable bonds is 4. The van der Waals surface area contributed by atoms with E-state index in [0.717, 1.165) is 11.1 Å². The lowest BCUT2D eigenvalue weighted by molar-refractivity contribution is -0.126. The minimum Gasteiger partial charge on any atom is -0.478 e. The van der Waals surface area contributed by atoms with Gasteiger partial charge >= 0.3 is 0 Å². The van der Waals surface area contributed by atoms with Gasteiger partial charge in [0.15, 0.2) is 6.10 Å². The molecule has 3 rings (SSSR count). The van der Waals surface area contributed by atoms with E-state index in [1.54, 1.807) is 23.1 Å². The van der Waals surface area contributed by atoms with Gasteiger partial charge in [-0.25, -0.2) is 0 Å². The van der Waals surface area contributed by atoms with E-state index in [0.29, 0.717) is 23.5 Å². The summed E-state index contributed by atoms with van der Waals surface area (Å²) in [6, 6.07) is 13.1. The number of aliphatic hydroxyl groups excluding tert-OH is 1. The van der Waals surface area contributed by atoms with E-state index in [9.17, 15) is 9.90 Å². The number of hydrogen-bond donors (Lipinski definition) is 2. The van der Waals surface area contributed by atoms with Crippen molar-refractivity contribution in [2.24, 2.45) is 0 Å². The van der Waals surface area contributed by atoms with E-state index in [1.165, 1.54) is 0 Å². The summed E-state index contributed by atoms with van der Waals surface area (Å²) in [6.07, 6.45) is -0.126. The van der Waals surface area contributed by atoms with E-state index in [-0.39, 0.29) is 19.1 Å². The second-order valence-electron chi connectivity index (χ2n) is 5.68. The number of anilines is 2. The van der Waals surface area contributed by atoms with E-state index in [1.807, 2.05) is 31.2 Å². The summed E-state index contributed by atoms with van der Waals surface area (Å²) >= 11 is 0. The summed E-state index contributed by atoms with van der Waals surface area (Å²) in [5, 5.41) is 9.28. The molecule has 0 saturated heterocycles. The van der Waals surface area contributed by atoms with Gasteiger partial charge in [-0.1, -0.05) is 24.3 Å². The largest absolute Gasteiger partial charge is 0.478 e. The number of amides is 1. The standard InChI is InChI=1S/C18H20N2O3/c1-12-4-2-3-5-13(12)10-17-18(22)20(8-9-21)15-7-6-14(19)11-16(15)23-17/h2-7,11,17,21H,8-10,19H2,1H3. The van der Waals surface area contributed by atoms with Gasteiger partial charge in [-0.15, -0.1) is 0 Å². The Kier molecular flexibility index (Phi) is 4.21. The third kappa shape index (κ3) is 3.00. The van der Waals surface area contributed by atoms with Crippen molar-refractivity contribution in [3.05, 3.63) is 53.6 Å². The van der Waals surface area contributed by atoms with Crippen molar-refractivity contribution in [2.75, 3.05) is 23.8 Å². The Balaban J connectivity index is 1.93. The quantitative estimate of drug-likeness (QED) is 0.846. The van der Waals surface area contributed by atoms with Crippen molar-refractivity contribution in [2.45, 2.75) is 19.4 Å². The fourth-order valence-corrected chi connectivity index (χ4v) is 2.84. The molecular weight excluding hydrogens is 292 g/mol. The fraction of sp³-hybridized carbons (Fsp3) is 0.278. The average molecular weight is 312 g/mol. The highest BCUT2D eigenvalue weighted by Gasteiger charge is 2.34. The van der Waals surface area contributed by atoms with Crippen LogP contribution in [0, 0.1) is 6.92 Å². The molecular formula is C18H20N2O3. The summed E-state index contributed by atoms with van der Waals surface area (Å²) in [6.45, 7) is 2.15. The number of nitrogens with zero attached hydrogens (tertiary/aromatic N) is 1. The maximum atomic E-state index is 12.7. The van der Waals surface area contributed by atoms with Crippen molar-refractivity contribution >= 4 is 17.3 Å². The molecule has 2 aromatic rings. The van der Waals surface area contributed by atoms with Gasteiger partial charge in [-0.2, -0.15) is 0 Å². The van der Waals surface area contributed by atoms with Crippen molar-refractivity contribution in [1.29, 1.82) is 0 Å². The van der Waals surface area contributed by atoms with Crippen LogP contribution in [0.2, 0.25) is 0 Å². The Labute approximate surface area is 135 Å². The molecule has 5 nitrogen and oxygen atoms in total. The first-order chi connectivity index (χ1) is 11.1. The minimum absolute atomic E-state index is 0.105. The van der Waals surface area contributed by atoms with Gasteiger partial charge in [0.25, 0.3) is 5.91 Å². The number of aryl methyl sites for hydroxylation is 1. The van der Waals surface area contributed by atoms with Gasteiger partial charge in [0, 0.05) is 24.7 Å². The third-order valence-electron chi connectivity index (χ3n) is 4.08. The number of aliphatic hydroxyl groups is 1. The lowest BCUT2D eigenvalue weighted by Gasteiger charge is -2.34. The molecule has 0 bridgehead atoms. The molecule has 0 spiro atoms. The van der Waals surface area contributed by atoms with Gasteiger partial charge in [-0.3, -0.25) is 4.79 Å². The van der Waals surface area contributed by atoms with Crippen LogP contribution in [0.15, 0.2) is 42.5 Å². The Morgan fingerprint density at radius 3 is 2.78 bits per heavy atom. The summed E-state index contributed by atoms with van der Waals surface area (Å²) in [4.78, 5) is 14.3. The first-order valence-corrected chi connectivity index (χ1v) is 7.63. The molecule has 1 heterocycles. The molecule has 0 aliphatic carbocycles. The summed E-state index contributed by atoms with van der Waals surface area (Å²) in [5.74, 6) is 0.441. The van der Waals surface area contributed by atoms with Crippen LogP contribution in [0.4, 0.5) is 11.4 Å². The Morgan fingerprint density at radius 2 is 2.04 bits per heavy atom. The zero-order valence-electron chi connectivity index (χ0n) is 13.0. The normalized spacial score (nSPS) is 16.9. The first kappa shape index (κ1) is 15.4. The number of hydrogen-bond acceptors (Lipinski definition) is 4. The molecule has 0 aromatic heterocycles. The second kappa shape index (κ2) is 6.30. The monoisotopic (exact) mass is 312 g/mol. The van der Waals surface area contributed by atoms with Crippen LogP contribution < -0.4 is 15.4 Å². The molecule has 0 radical (unpaired) electrons. The summed E-state index contributed by atoms with van der Waals surface area (Å²) in [5.41, 5.74) is 9.25. The van der Waals surface area contributed by atoms with Crippen LogP contribution in [0.25, 0.3) is 0 Å². The number of β-amino-alcohol motifs (C(OH)–C–C–N with tert-alkyl or cyclic N) is 1. The Hall–Kier alpha value is -2.53. The van der Waals surface area contributed by atoms with Gasteiger partial charge in [0.1, 0.15) is 5.75 Å². The highest BCUT2D eigenvalue weighted by Crippen LogP contribution is 2.36. The number of fused-ring (bicyclic) bond motifs is 1. The number of nitrogens with two attached hydrogens (primary N) is 1. The second-order valence-corrected chi connectivity index (χ2v) is 5.68. The third-order valence-corrected chi connectivity index (χ3v) is 4.08. The number of benzene rings is 2. The van der Waals surface area contributed by atoms with Crippen LogP contribution in [-0.4, -0.2) is 30.3 Å². The fourth-order valence-electron chi connectivity index (χ4n) is 2.84. The molecule has 1 aliphatic rings. The van der Waals surface area contributed by atoms with Gasteiger partial charge < -0.3 is 20.5 Å². The molecule has 2 aromatic carbocycles. The van der Waals surface area contributed by atoms with Crippen molar-refractivity contribution in [3.63, 3.8) is 0 Å². The van der Waals surface area contributed by atoms with E-state index >= 15 is 0 Å². The molecule has 3 N–H and O–H groups in total. The zero-order chi connectivity index (χ0) is 16.4. The molecule has 1 unspecified atom stereocenters. The molecule has 0 saturated carbocycles. The van der Waals surface area contributed by atoms with Crippen LogP contribution in [0.5, 0.6) is 5.75 Å². The Morgan fingerprint density at radius 1 is 1.26 bits per heavy atom. The smallest absolute Gasteiger partial charge is 0.268 e. The SMILES string of the molecule is Cc1ccccc1CC1Oc2cc(N)ccc2N(CCO)C1=O. The number of ether oxygens (including phenoxy) is 1. The lowest BCUT2D eigenvalue weighted by Crippen LogP contribution is -2.48. The predicted octanol–water partition coefficient (Wildman–Crippen LogP) is 1.91. The lowest BCUT2D eigenvalue weighted by atomic mass is 10.0. The van der Waals surface area contributed by atoms with Crippen molar-refractivity contribution < 1.29 is 14.6 Å². The van der Waals surface area contributed by atoms with Crippen LogP contribution >= 0.6 is 0 Å². The molecule has 1 atom stereocenters. The maximum Gasteiger partial charge on any atom is 0.268 e. The molecule has 1 amide bonds. The molecule has 5 heteroatoms. The highest BCUT2D eigenvalue weighted by atomic mass is 16.5. The van der Waals surface area contributed by atoms with Crippen molar-refractivity contribution in [1.82, 2.24) is 0 Å². The highest BCUT2D eigenvalue weighted by molar-refractivity contribution is 6.00. The number of carbonyl (C=O) groups excluding carboxylic acids is 1. The topological polar surface area (TPSA) is 75.8 Å². The zero-order valence-corrected chi connectivity index (χ0v) is 13.0. The first-order valence-electron chi connectivity index (χ1n) is 7.63.